The zero-order valence-electron chi connectivity index (χ0n) is 16.8. The Balaban J connectivity index is 0.00000151. The lowest BCUT2D eigenvalue weighted by atomic mass is 10.1. The average molecular weight is 348 g/mol. The van der Waals surface area contributed by atoms with Gasteiger partial charge in [-0.1, -0.05) is 13.8 Å². The molecule has 140 valence electrons. The molecule has 0 spiro atoms. The summed E-state index contributed by atoms with van der Waals surface area (Å²) in [5, 5.41) is 7.85. The van der Waals surface area contributed by atoms with E-state index in [2.05, 4.69) is 44.8 Å². The number of aryl methyl sites for hydroxylation is 1. The molecule has 25 heavy (non-hydrogen) atoms. The van der Waals surface area contributed by atoms with Crippen LogP contribution in [0.1, 0.15) is 60.8 Å². The average Bonchev–Trinajstić information content (AvgIpc) is 2.94. The molecule has 1 aromatic carbocycles. The van der Waals surface area contributed by atoms with Gasteiger partial charge in [-0.2, -0.15) is 0 Å². The van der Waals surface area contributed by atoms with Crippen LogP contribution in [0.4, 0.5) is 0 Å². The second-order valence-electron chi connectivity index (χ2n) is 7.22. The van der Waals surface area contributed by atoms with Crippen LogP contribution in [-0.2, 0) is 4.74 Å². The lowest BCUT2D eigenvalue weighted by Gasteiger charge is -2.28. The SMILES string of the molecule is CC.Cc1nnc(-c2ccc(OC(C)(C)CCOC(C)(C)C)cc2)o1. The minimum Gasteiger partial charge on any atom is -0.488 e. The molecule has 5 nitrogen and oxygen atoms in total. The maximum absolute atomic E-state index is 6.07. The fraction of sp³-hybridized carbons (Fsp3) is 0.600. The molecule has 0 aliphatic rings. The minimum atomic E-state index is -0.298. The van der Waals surface area contributed by atoms with E-state index >= 15 is 0 Å². The van der Waals surface area contributed by atoms with E-state index in [-0.39, 0.29) is 11.2 Å². The lowest BCUT2D eigenvalue weighted by Crippen LogP contribution is -2.31. The van der Waals surface area contributed by atoms with Gasteiger partial charge < -0.3 is 13.9 Å². The number of aromatic nitrogens is 2. The maximum Gasteiger partial charge on any atom is 0.247 e. The standard InChI is InChI=1S/C18H26N2O3.C2H6/c1-13-19-20-16(22-13)14-7-9-15(10-8-14)23-18(5,6)11-12-21-17(2,3)4;1-2/h7-10H,11-12H2,1-6H3;1-2H3. The highest BCUT2D eigenvalue weighted by atomic mass is 16.5. The van der Waals surface area contributed by atoms with Gasteiger partial charge in [-0.05, 0) is 58.9 Å². The number of benzene rings is 1. The first-order chi connectivity index (χ1) is 11.6. The number of ether oxygens (including phenoxy) is 2. The van der Waals surface area contributed by atoms with Crippen LogP contribution in [-0.4, -0.2) is 28.0 Å². The summed E-state index contributed by atoms with van der Waals surface area (Å²) < 4.78 is 17.3. The minimum absolute atomic E-state index is 0.125. The first-order valence-electron chi connectivity index (χ1n) is 8.88. The molecule has 0 aliphatic heterocycles. The molecule has 0 fully saturated rings. The monoisotopic (exact) mass is 348 g/mol. The third-order valence-corrected chi connectivity index (χ3v) is 3.26. The van der Waals surface area contributed by atoms with Crippen molar-refractivity contribution in [2.24, 2.45) is 0 Å². The molecule has 0 saturated heterocycles. The van der Waals surface area contributed by atoms with Crippen LogP contribution in [0.3, 0.4) is 0 Å². The maximum atomic E-state index is 6.07. The molecule has 0 amide bonds. The first-order valence-corrected chi connectivity index (χ1v) is 8.88. The van der Waals surface area contributed by atoms with Crippen LogP contribution < -0.4 is 4.74 Å². The van der Waals surface area contributed by atoms with Crippen LogP contribution in [0.15, 0.2) is 28.7 Å². The number of nitrogens with zero attached hydrogens (tertiary/aromatic N) is 2. The summed E-state index contributed by atoms with van der Waals surface area (Å²) in [5.41, 5.74) is 0.458. The van der Waals surface area contributed by atoms with Gasteiger partial charge in [0.2, 0.25) is 11.8 Å². The van der Waals surface area contributed by atoms with Gasteiger partial charge in [0, 0.05) is 18.9 Å². The van der Waals surface area contributed by atoms with Crippen LogP contribution >= 0.6 is 0 Å². The van der Waals surface area contributed by atoms with Crippen molar-refractivity contribution in [3.8, 4) is 17.2 Å². The Hall–Kier alpha value is -1.88. The normalized spacial score (nSPS) is 11.7. The van der Waals surface area contributed by atoms with Gasteiger partial charge in [0.05, 0.1) is 12.2 Å². The Kier molecular flexibility index (Phi) is 7.61. The summed E-state index contributed by atoms with van der Waals surface area (Å²) in [7, 11) is 0. The highest BCUT2D eigenvalue weighted by Gasteiger charge is 2.21. The van der Waals surface area contributed by atoms with Crippen molar-refractivity contribution in [2.75, 3.05) is 6.61 Å². The quantitative estimate of drug-likeness (QED) is 0.696. The second kappa shape index (κ2) is 8.99. The van der Waals surface area contributed by atoms with Crippen LogP contribution in [0.5, 0.6) is 5.75 Å². The Labute approximate surface area is 151 Å². The predicted octanol–water partition coefficient (Wildman–Crippen LogP) is 5.43. The molecular formula is C20H32N2O3. The fourth-order valence-corrected chi connectivity index (χ4v) is 2.05. The van der Waals surface area contributed by atoms with Crippen molar-refractivity contribution in [3.63, 3.8) is 0 Å². The van der Waals surface area contributed by atoms with E-state index < -0.39 is 0 Å². The molecule has 1 aromatic heterocycles. The molecule has 0 unspecified atom stereocenters. The Morgan fingerprint density at radius 2 is 1.56 bits per heavy atom. The zero-order valence-corrected chi connectivity index (χ0v) is 16.8. The summed E-state index contributed by atoms with van der Waals surface area (Å²) >= 11 is 0. The predicted molar refractivity (Wildman–Crippen MR) is 101 cm³/mol. The van der Waals surface area contributed by atoms with Gasteiger partial charge >= 0.3 is 0 Å². The van der Waals surface area contributed by atoms with Crippen LogP contribution in [0.2, 0.25) is 0 Å². The van der Waals surface area contributed by atoms with E-state index in [1.165, 1.54) is 0 Å². The Morgan fingerprint density at radius 3 is 2.04 bits per heavy atom. The molecule has 0 saturated carbocycles. The lowest BCUT2D eigenvalue weighted by molar-refractivity contribution is -0.0292. The van der Waals surface area contributed by atoms with E-state index in [1.54, 1.807) is 6.92 Å². The molecule has 1 heterocycles. The first kappa shape index (κ1) is 21.2. The Bertz CT molecular complexity index is 625. The number of rotatable bonds is 6. The molecule has 0 bridgehead atoms. The fourth-order valence-electron chi connectivity index (χ4n) is 2.05. The molecule has 2 aromatic rings. The molecule has 5 heteroatoms. The highest BCUT2D eigenvalue weighted by Crippen LogP contribution is 2.25. The van der Waals surface area contributed by atoms with Crippen molar-refractivity contribution in [1.82, 2.24) is 10.2 Å². The van der Waals surface area contributed by atoms with E-state index in [0.717, 1.165) is 17.7 Å². The largest absolute Gasteiger partial charge is 0.488 e. The van der Waals surface area contributed by atoms with E-state index in [4.69, 9.17) is 13.9 Å². The molecule has 0 atom stereocenters. The summed E-state index contributed by atoms with van der Waals surface area (Å²) in [6.45, 7) is 16.7. The van der Waals surface area contributed by atoms with E-state index in [1.807, 2.05) is 38.1 Å². The topological polar surface area (TPSA) is 57.4 Å². The summed E-state index contributed by atoms with van der Waals surface area (Å²) in [4.78, 5) is 0. The van der Waals surface area contributed by atoms with Crippen molar-refractivity contribution in [2.45, 2.75) is 73.0 Å². The van der Waals surface area contributed by atoms with Gasteiger partial charge in [0.15, 0.2) is 0 Å². The highest BCUT2D eigenvalue weighted by molar-refractivity contribution is 5.53. The Morgan fingerprint density at radius 1 is 0.960 bits per heavy atom. The number of hydrogen-bond donors (Lipinski definition) is 0. The molecule has 2 rings (SSSR count). The van der Waals surface area contributed by atoms with Crippen LogP contribution in [0, 0.1) is 6.92 Å². The van der Waals surface area contributed by atoms with Crippen molar-refractivity contribution >= 4 is 0 Å². The second-order valence-corrected chi connectivity index (χ2v) is 7.22. The third-order valence-electron chi connectivity index (χ3n) is 3.26. The van der Waals surface area contributed by atoms with E-state index in [0.29, 0.717) is 18.4 Å². The van der Waals surface area contributed by atoms with Gasteiger partial charge in [-0.15, -0.1) is 10.2 Å². The smallest absolute Gasteiger partial charge is 0.247 e. The van der Waals surface area contributed by atoms with Gasteiger partial charge in [-0.25, -0.2) is 0 Å². The molecule has 0 N–H and O–H groups in total. The summed E-state index contributed by atoms with van der Waals surface area (Å²) in [5.74, 6) is 1.89. The molecular weight excluding hydrogens is 316 g/mol. The third kappa shape index (κ3) is 7.69. The van der Waals surface area contributed by atoms with Gasteiger partial charge in [-0.3, -0.25) is 0 Å². The van der Waals surface area contributed by atoms with Gasteiger partial charge in [0.1, 0.15) is 11.4 Å². The molecule has 0 radical (unpaired) electrons. The summed E-state index contributed by atoms with van der Waals surface area (Å²) in [6.07, 6.45) is 0.814. The number of hydrogen-bond acceptors (Lipinski definition) is 5. The van der Waals surface area contributed by atoms with Crippen molar-refractivity contribution in [3.05, 3.63) is 30.2 Å². The van der Waals surface area contributed by atoms with Crippen LogP contribution in [0.25, 0.3) is 11.5 Å². The van der Waals surface area contributed by atoms with E-state index in [9.17, 15) is 0 Å². The van der Waals surface area contributed by atoms with Crippen molar-refractivity contribution < 1.29 is 13.9 Å². The van der Waals surface area contributed by atoms with Crippen molar-refractivity contribution in [1.29, 1.82) is 0 Å². The van der Waals surface area contributed by atoms with Gasteiger partial charge in [0.25, 0.3) is 0 Å². The molecule has 0 aliphatic carbocycles. The zero-order chi connectivity index (χ0) is 19.1. The summed E-state index contributed by atoms with van der Waals surface area (Å²) in [6, 6.07) is 7.68.